The molecule has 0 fully saturated rings. The molecule has 0 bridgehead atoms. The summed E-state index contributed by atoms with van der Waals surface area (Å²) in [5, 5.41) is 17.3. The van der Waals surface area contributed by atoms with Crippen LogP contribution in [0.1, 0.15) is 64.7 Å². The highest BCUT2D eigenvalue weighted by Crippen LogP contribution is 2.08. The van der Waals surface area contributed by atoms with Gasteiger partial charge in [-0.05, 0) is 32.1 Å². The van der Waals surface area contributed by atoms with Crippen LogP contribution in [0.25, 0.3) is 0 Å². The first-order valence-electron chi connectivity index (χ1n) is 8.21. The van der Waals surface area contributed by atoms with Gasteiger partial charge in [-0.25, -0.2) is 4.89 Å². The number of carbonyl (C=O) groups is 1. The Morgan fingerprint density at radius 3 is 2.45 bits per heavy atom. The highest BCUT2D eigenvalue weighted by molar-refractivity contribution is 5.66. The minimum atomic E-state index is -0.704. The van der Waals surface area contributed by atoms with Crippen molar-refractivity contribution in [3.8, 4) is 0 Å². The van der Waals surface area contributed by atoms with Crippen LogP contribution in [0.5, 0.6) is 0 Å². The van der Waals surface area contributed by atoms with Crippen molar-refractivity contribution < 1.29 is 20.0 Å². The summed E-state index contributed by atoms with van der Waals surface area (Å²) in [6, 6.07) is 0. The number of unbranched alkanes of at least 4 members (excludes halogenated alkanes) is 5. The Kier molecular flexibility index (Phi) is 15.0. The summed E-state index contributed by atoms with van der Waals surface area (Å²) in [5.74, 6) is -0.704. The van der Waals surface area contributed by atoms with Crippen LogP contribution in [0.3, 0.4) is 0 Å². The van der Waals surface area contributed by atoms with Gasteiger partial charge in [0, 0.05) is 6.42 Å². The minimum Gasteiger partial charge on any atom is -0.481 e. The molecule has 1 unspecified atom stereocenters. The molecule has 0 aliphatic rings. The fourth-order valence-electron chi connectivity index (χ4n) is 1.99. The third-order valence-corrected chi connectivity index (χ3v) is 3.24. The van der Waals surface area contributed by atoms with Gasteiger partial charge in [-0.2, -0.15) is 0 Å². The van der Waals surface area contributed by atoms with Crippen molar-refractivity contribution in [1.29, 1.82) is 0 Å². The summed E-state index contributed by atoms with van der Waals surface area (Å²) in [6.45, 7) is 2.07. The molecule has 126 valence electrons. The monoisotopic (exact) mass is 310 g/mol. The molecule has 0 aromatic rings. The Morgan fingerprint density at radius 1 is 1.05 bits per heavy atom. The van der Waals surface area contributed by atoms with E-state index in [0.717, 1.165) is 44.9 Å². The molecule has 0 radical (unpaired) electrons. The molecule has 0 saturated heterocycles. The number of hydrogen-bond acceptors (Lipinski definition) is 3. The molecule has 0 spiro atoms. The number of rotatable bonds is 14. The summed E-state index contributed by atoms with van der Waals surface area (Å²) in [5.41, 5.74) is 0. The first kappa shape index (κ1) is 20.6. The van der Waals surface area contributed by atoms with Crippen LogP contribution >= 0.6 is 0 Å². The van der Waals surface area contributed by atoms with Crippen molar-refractivity contribution >= 4 is 5.97 Å². The first-order valence-corrected chi connectivity index (χ1v) is 8.21. The number of allylic oxidation sites excluding steroid dienone is 4. The maximum Gasteiger partial charge on any atom is 0.303 e. The quantitative estimate of drug-likeness (QED) is 0.153. The van der Waals surface area contributed by atoms with Gasteiger partial charge in [-0.1, -0.05) is 62.6 Å². The molecule has 4 heteroatoms. The number of aliphatic carboxylic acids is 1. The standard InChI is InChI=1S/C18H30O4/c1-2-3-11-14-17(22-21)15-12-9-7-5-4-6-8-10-13-16-18(19)20/h3,7,9,11-12,15,17,21H,2,4-6,8,10,13-14,16H2,1H3,(H,19,20)/b9-7-,11-3?,15-12-. The molecule has 0 heterocycles. The molecule has 0 aliphatic heterocycles. The van der Waals surface area contributed by atoms with Gasteiger partial charge in [0.2, 0.25) is 0 Å². The van der Waals surface area contributed by atoms with Crippen molar-refractivity contribution in [2.24, 2.45) is 0 Å². The van der Waals surface area contributed by atoms with Gasteiger partial charge in [0.25, 0.3) is 0 Å². The molecule has 4 nitrogen and oxygen atoms in total. The molecular formula is C18H30O4. The highest BCUT2D eigenvalue weighted by atomic mass is 17.1. The Balaban J connectivity index is 3.57. The molecule has 0 rings (SSSR count). The van der Waals surface area contributed by atoms with E-state index in [1.165, 1.54) is 0 Å². The van der Waals surface area contributed by atoms with Crippen LogP contribution in [-0.2, 0) is 9.68 Å². The van der Waals surface area contributed by atoms with E-state index in [4.69, 9.17) is 10.4 Å². The maximum atomic E-state index is 10.3. The van der Waals surface area contributed by atoms with E-state index < -0.39 is 5.97 Å². The molecule has 0 aliphatic carbocycles. The van der Waals surface area contributed by atoms with Crippen LogP contribution in [0.15, 0.2) is 36.5 Å². The van der Waals surface area contributed by atoms with E-state index in [-0.39, 0.29) is 12.5 Å². The van der Waals surface area contributed by atoms with Crippen LogP contribution < -0.4 is 0 Å². The Bertz CT molecular complexity index is 345. The van der Waals surface area contributed by atoms with Gasteiger partial charge in [0.1, 0.15) is 6.10 Å². The first-order chi connectivity index (χ1) is 10.7. The lowest BCUT2D eigenvalue weighted by atomic mass is 10.1. The van der Waals surface area contributed by atoms with Crippen LogP contribution in [0, 0.1) is 0 Å². The molecule has 2 N–H and O–H groups in total. The van der Waals surface area contributed by atoms with Gasteiger partial charge in [0.15, 0.2) is 0 Å². The fraction of sp³-hybridized carbons (Fsp3) is 0.611. The zero-order valence-electron chi connectivity index (χ0n) is 13.6. The van der Waals surface area contributed by atoms with Crippen LogP contribution in [0.4, 0.5) is 0 Å². The molecule has 0 aromatic heterocycles. The molecular weight excluding hydrogens is 280 g/mol. The van der Waals surface area contributed by atoms with E-state index in [1.54, 1.807) is 0 Å². The second kappa shape index (κ2) is 16.0. The largest absolute Gasteiger partial charge is 0.481 e. The van der Waals surface area contributed by atoms with Crippen molar-refractivity contribution in [3.63, 3.8) is 0 Å². The highest BCUT2D eigenvalue weighted by Gasteiger charge is 1.99. The van der Waals surface area contributed by atoms with Crippen molar-refractivity contribution in [3.05, 3.63) is 36.5 Å². The predicted octanol–water partition coefficient (Wildman–Crippen LogP) is 5.13. The average molecular weight is 310 g/mol. The second-order valence-electron chi connectivity index (χ2n) is 5.27. The lowest BCUT2D eigenvalue weighted by molar-refractivity contribution is -0.264. The molecule has 1 atom stereocenters. The Hall–Kier alpha value is -1.39. The van der Waals surface area contributed by atoms with Crippen LogP contribution in [0.2, 0.25) is 0 Å². The van der Waals surface area contributed by atoms with Crippen LogP contribution in [-0.4, -0.2) is 22.4 Å². The summed E-state index contributed by atoms with van der Waals surface area (Å²) in [4.78, 5) is 14.7. The smallest absolute Gasteiger partial charge is 0.303 e. The van der Waals surface area contributed by atoms with Crippen molar-refractivity contribution in [2.75, 3.05) is 0 Å². The zero-order valence-corrected chi connectivity index (χ0v) is 13.6. The van der Waals surface area contributed by atoms with E-state index in [0.29, 0.717) is 6.42 Å². The molecule has 0 aromatic carbocycles. The minimum absolute atomic E-state index is 0.284. The number of carboxylic acid groups (broad SMARTS) is 1. The van der Waals surface area contributed by atoms with Gasteiger partial charge in [0.05, 0.1) is 0 Å². The van der Waals surface area contributed by atoms with Gasteiger partial charge >= 0.3 is 5.97 Å². The van der Waals surface area contributed by atoms with E-state index in [2.05, 4.69) is 17.9 Å². The maximum absolute atomic E-state index is 10.3. The lowest BCUT2D eigenvalue weighted by Crippen LogP contribution is -2.04. The average Bonchev–Trinajstić information content (AvgIpc) is 2.50. The van der Waals surface area contributed by atoms with Gasteiger partial charge < -0.3 is 5.11 Å². The second-order valence-corrected chi connectivity index (χ2v) is 5.27. The Morgan fingerprint density at radius 2 is 1.77 bits per heavy atom. The van der Waals surface area contributed by atoms with Gasteiger partial charge in [-0.15, -0.1) is 0 Å². The topological polar surface area (TPSA) is 66.8 Å². The SMILES string of the molecule is CCC=CCC(/C=C\C=C/CCCCCCCC(=O)O)OO. The van der Waals surface area contributed by atoms with Gasteiger partial charge in [-0.3, -0.25) is 10.1 Å². The third kappa shape index (κ3) is 15.0. The Labute approximate surface area is 134 Å². The van der Waals surface area contributed by atoms with E-state index in [1.807, 2.05) is 30.4 Å². The summed E-state index contributed by atoms with van der Waals surface area (Å²) < 4.78 is 0. The van der Waals surface area contributed by atoms with Crippen molar-refractivity contribution in [1.82, 2.24) is 0 Å². The summed E-state index contributed by atoms with van der Waals surface area (Å²) in [6.07, 6.45) is 19.7. The zero-order chi connectivity index (χ0) is 16.5. The molecule has 22 heavy (non-hydrogen) atoms. The number of carboxylic acids is 1. The number of hydrogen-bond donors (Lipinski definition) is 2. The summed E-state index contributed by atoms with van der Waals surface area (Å²) >= 11 is 0. The normalized spacial score (nSPS) is 13.5. The van der Waals surface area contributed by atoms with E-state index >= 15 is 0 Å². The third-order valence-electron chi connectivity index (χ3n) is 3.24. The lowest BCUT2D eigenvalue weighted by Gasteiger charge is -2.03. The van der Waals surface area contributed by atoms with Crippen molar-refractivity contribution in [2.45, 2.75) is 70.8 Å². The summed E-state index contributed by atoms with van der Waals surface area (Å²) in [7, 11) is 0. The molecule has 0 amide bonds. The van der Waals surface area contributed by atoms with E-state index in [9.17, 15) is 4.79 Å². The molecule has 0 saturated carbocycles. The predicted molar refractivity (Wildman–Crippen MR) is 89.8 cm³/mol. The fourth-order valence-corrected chi connectivity index (χ4v) is 1.99.